The Morgan fingerprint density at radius 3 is 1.08 bits per heavy atom. The minimum Gasteiger partial charge on any atom is -0.497 e. The maximum atomic E-state index is 12.3. The fourth-order valence-corrected chi connectivity index (χ4v) is 5.42. The molecule has 21 heteroatoms. The molecule has 0 amide bonds. The number of ketones is 4. The van der Waals surface area contributed by atoms with Gasteiger partial charge in [-0.05, 0) is 144 Å². The molecule has 0 aromatic heterocycles. The van der Waals surface area contributed by atoms with Gasteiger partial charge in [-0.25, -0.2) is 0 Å². The van der Waals surface area contributed by atoms with Crippen molar-refractivity contribution in [2.24, 2.45) is 5.41 Å². The molecule has 0 aliphatic carbocycles. The Morgan fingerprint density at radius 1 is 0.410 bits per heavy atom. The van der Waals surface area contributed by atoms with Crippen molar-refractivity contribution in [2.45, 2.75) is 79.1 Å². The summed E-state index contributed by atoms with van der Waals surface area (Å²) in [6, 6.07) is 26.4. The molecule has 6 N–H and O–H groups in total. The van der Waals surface area contributed by atoms with Gasteiger partial charge in [-0.3, -0.25) is 19.2 Å². The lowest BCUT2D eigenvalue weighted by Gasteiger charge is -2.23. The Morgan fingerprint density at radius 2 is 0.735 bits per heavy atom. The van der Waals surface area contributed by atoms with Crippen LogP contribution in [-0.2, 0) is 34.1 Å². The zero-order valence-electron chi connectivity index (χ0n) is 49.4. The van der Waals surface area contributed by atoms with Crippen LogP contribution in [0.4, 0.5) is 0 Å². The molecule has 460 valence electrons. The molecule has 4 rings (SSSR count). The van der Waals surface area contributed by atoms with Crippen molar-refractivity contribution in [1.29, 1.82) is 0 Å². The summed E-state index contributed by atoms with van der Waals surface area (Å²) in [7, 11) is 1.61. The van der Waals surface area contributed by atoms with E-state index in [-0.39, 0.29) is 81.4 Å². The average Bonchev–Trinajstić information content (AvgIpc) is 3.48. The number of hydrogen-bond donors (Lipinski definition) is 6. The topological polar surface area (TPSA) is 291 Å². The molecule has 21 nitrogen and oxygen atoms in total. The number of carbonyl (C=O) groups excluding carboxylic acids is 4. The molecule has 4 aromatic carbocycles. The van der Waals surface area contributed by atoms with Crippen molar-refractivity contribution in [3.05, 3.63) is 196 Å². The van der Waals surface area contributed by atoms with Crippen molar-refractivity contribution in [2.75, 3.05) is 60.0 Å². The van der Waals surface area contributed by atoms with Crippen molar-refractivity contribution in [1.82, 2.24) is 0 Å². The first-order valence-electron chi connectivity index (χ1n) is 25.3. The van der Waals surface area contributed by atoms with E-state index in [4.69, 9.17) is 48.8 Å². The van der Waals surface area contributed by atoms with Crippen LogP contribution in [0.5, 0.6) is 23.0 Å². The van der Waals surface area contributed by atoms with Gasteiger partial charge in [-0.2, -0.15) is 9.78 Å². The van der Waals surface area contributed by atoms with Crippen LogP contribution in [0, 0.1) is 5.41 Å². The highest BCUT2D eigenvalue weighted by molar-refractivity contribution is 6.03. The van der Waals surface area contributed by atoms with Crippen molar-refractivity contribution in [3.63, 3.8) is 0 Å². The van der Waals surface area contributed by atoms with Gasteiger partial charge < -0.3 is 68.8 Å². The van der Waals surface area contributed by atoms with Gasteiger partial charge in [-0.15, -0.1) is 39.5 Å². The van der Waals surface area contributed by atoms with E-state index in [9.17, 15) is 29.4 Å². The van der Waals surface area contributed by atoms with Gasteiger partial charge in [0, 0.05) is 27.7 Å². The molecule has 0 bridgehead atoms. The fraction of sp³-hybridized carbons (Fsp3) is 0.355. The van der Waals surface area contributed by atoms with E-state index in [0.29, 0.717) is 33.9 Å². The van der Waals surface area contributed by atoms with Gasteiger partial charge >= 0.3 is 0 Å². The first-order chi connectivity index (χ1) is 39.4. The Bertz CT molecular complexity index is 2420. The number of benzene rings is 4. The van der Waals surface area contributed by atoms with Gasteiger partial charge in [0.2, 0.25) is 0 Å². The lowest BCUT2D eigenvalue weighted by atomic mass is 9.86. The number of rotatable bonds is 29. The predicted octanol–water partition coefficient (Wildman–Crippen LogP) is 9.64. The van der Waals surface area contributed by atoms with Crippen LogP contribution in [0.25, 0.3) is 0 Å². The Kier molecular flexibility index (Phi) is 43.8. The van der Waals surface area contributed by atoms with E-state index in [1.165, 1.54) is 59.0 Å². The highest BCUT2D eigenvalue weighted by atomic mass is 17.5. The molecule has 0 unspecified atom stereocenters. The summed E-state index contributed by atoms with van der Waals surface area (Å²) in [5.74, 6) is 1.54. The zero-order valence-corrected chi connectivity index (χ0v) is 49.4. The maximum absolute atomic E-state index is 12.3. The molecule has 0 fully saturated rings. The second kappa shape index (κ2) is 45.8. The number of aliphatic hydroxyl groups excluding tert-OH is 4. The van der Waals surface area contributed by atoms with Crippen LogP contribution in [0.15, 0.2) is 174 Å². The second-order valence-electron chi connectivity index (χ2n) is 18.2. The fourth-order valence-electron chi connectivity index (χ4n) is 5.42. The molecule has 0 radical (unpaired) electrons. The smallest absolute Gasteiger partial charge is 0.194 e. The third-order valence-electron chi connectivity index (χ3n) is 9.30. The summed E-state index contributed by atoms with van der Waals surface area (Å²) >= 11 is 0. The molecule has 0 spiro atoms. The van der Waals surface area contributed by atoms with Crippen molar-refractivity contribution < 1.29 is 103 Å². The van der Waals surface area contributed by atoms with Crippen LogP contribution >= 0.6 is 0 Å². The third kappa shape index (κ3) is 36.3. The van der Waals surface area contributed by atoms with Crippen molar-refractivity contribution in [3.8, 4) is 23.0 Å². The van der Waals surface area contributed by atoms with Gasteiger partial charge in [0.25, 0.3) is 0 Å². The molecule has 0 aliphatic heterocycles. The third-order valence-corrected chi connectivity index (χ3v) is 9.30. The summed E-state index contributed by atoms with van der Waals surface area (Å²) in [6.45, 7) is 32.7. The summed E-state index contributed by atoms with van der Waals surface area (Å²) in [6.07, 6.45) is 7.40. The summed E-state index contributed by atoms with van der Waals surface area (Å²) in [5.41, 5.74) is -2.12. The molecule has 0 saturated heterocycles. The first-order valence-corrected chi connectivity index (χ1v) is 25.3. The number of methoxy groups -OCH3 is 1. The van der Waals surface area contributed by atoms with E-state index < -0.39 is 16.8 Å². The van der Waals surface area contributed by atoms with Gasteiger partial charge in [0.1, 0.15) is 84.7 Å². The van der Waals surface area contributed by atoms with E-state index in [1.807, 2.05) is 20.8 Å². The lowest BCUT2D eigenvalue weighted by molar-refractivity contribution is -0.491. The highest BCUT2D eigenvalue weighted by Gasteiger charge is 2.30. The van der Waals surface area contributed by atoms with Crippen LogP contribution in [-0.4, -0.2) is 131 Å². The SMILES string of the molecule is C=C.C=C.C=C.CC(C)(O)C(=O)c1ccc(O/C=C/OCCO)cc1.CC(C)(O)C(=O)c1ccc(O/C=C/OOOCCO)cc1.CC(C)(OCCO)C(=O)c1ccc(O/C=C/OOCCO)cc1.COc1ccc(C(=O)C(C)(C)C)cc1. The van der Waals surface area contributed by atoms with E-state index in [2.05, 4.69) is 64.1 Å². The van der Waals surface area contributed by atoms with E-state index in [0.717, 1.165) is 17.6 Å². The predicted molar refractivity (Wildman–Crippen MR) is 314 cm³/mol. The standard InChI is InChI=1S/C16H22O7.C14H18O7.C14H18O5.C12H16O2.3C2H4/c1-16(2,21-9-7-17)15(19)13-3-5-14(6-4-13)20-11-12-23-22-10-8-18;1-14(2,17)13(16)11-3-5-12(6-4-11)18-9-10-20-21-19-8-7-15;1-14(2,17)13(16)11-3-5-12(6-4-11)19-10-9-18-8-7-15;1-12(2,3)11(13)9-5-7-10(14-4)8-6-9;3*1-2/h3-6,11-12,17-18H,7-10H2,1-2H3;3-6,9-10,15,17H,7-8H2,1-2H3;3-6,9-10,15,17H,7-8H2,1-2H3;5-8H,1-4H3;3*1-2H2/b12-11+;2*10-9+;;;;. The Balaban J connectivity index is -0.00000101. The molecule has 0 saturated carbocycles. The summed E-state index contributed by atoms with van der Waals surface area (Å²) in [5, 5.41) is 57.5. The summed E-state index contributed by atoms with van der Waals surface area (Å²) < 4.78 is 30.9. The first kappa shape index (κ1) is 79.4. The van der Waals surface area contributed by atoms with Crippen LogP contribution in [0.2, 0.25) is 0 Å². The number of ether oxygens (including phenoxy) is 6. The quantitative estimate of drug-likeness (QED) is 0.00736. The minimum atomic E-state index is -1.41. The lowest BCUT2D eigenvalue weighted by Crippen LogP contribution is -2.36. The highest BCUT2D eigenvalue weighted by Crippen LogP contribution is 2.24. The van der Waals surface area contributed by atoms with Crippen molar-refractivity contribution >= 4 is 23.1 Å². The average molecular weight is 1170 g/mol. The maximum Gasteiger partial charge on any atom is 0.194 e. The minimum absolute atomic E-state index is 0.00854. The Labute approximate surface area is 488 Å². The number of aliphatic hydroxyl groups is 6. The van der Waals surface area contributed by atoms with E-state index in [1.54, 1.807) is 118 Å². The number of hydrogen-bond acceptors (Lipinski definition) is 21. The van der Waals surface area contributed by atoms with Gasteiger partial charge in [-0.1, -0.05) is 20.8 Å². The van der Waals surface area contributed by atoms with E-state index >= 15 is 0 Å². The number of Topliss-reactive ketones (excluding diaryl/α,β-unsaturated/α-hetero) is 4. The molecule has 0 aliphatic rings. The molecule has 0 heterocycles. The van der Waals surface area contributed by atoms with Crippen LogP contribution in [0.1, 0.15) is 104 Å². The zero-order chi connectivity index (χ0) is 63.9. The monoisotopic (exact) mass is 1170 g/mol. The Hall–Kier alpha value is -7.80. The molecule has 83 heavy (non-hydrogen) atoms. The second-order valence-corrected chi connectivity index (χ2v) is 18.2. The van der Waals surface area contributed by atoms with Crippen LogP contribution in [0.3, 0.4) is 0 Å². The molecular formula is C62H86O21. The largest absolute Gasteiger partial charge is 0.497 e. The van der Waals surface area contributed by atoms with Gasteiger partial charge in [0.15, 0.2) is 35.7 Å². The number of carbonyl (C=O) groups is 4. The summed E-state index contributed by atoms with van der Waals surface area (Å²) in [4.78, 5) is 65.6. The normalized spacial score (nSPS) is 10.8. The molecular weight excluding hydrogens is 1080 g/mol. The van der Waals surface area contributed by atoms with Crippen LogP contribution < -0.4 is 18.9 Å². The molecule has 0 atom stereocenters. The molecule has 4 aromatic rings. The van der Waals surface area contributed by atoms with Gasteiger partial charge in [0.05, 0.1) is 40.1 Å².